The smallest absolute Gasteiger partial charge is 0.259 e. The zero-order valence-electron chi connectivity index (χ0n) is 18.4. The molecule has 0 aliphatic heterocycles. The van der Waals surface area contributed by atoms with Crippen molar-refractivity contribution < 1.29 is 23.3 Å². The molecule has 1 aliphatic rings. The number of nitriles is 1. The van der Waals surface area contributed by atoms with E-state index in [1.54, 1.807) is 0 Å². The summed E-state index contributed by atoms with van der Waals surface area (Å²) in [6.07, 6.45) is 2.84. The number of nitrogens with one attached hydrogen (secondary N) is 2. The monoisotopic (exact) mass is 458 g/mol. The summed E-state index contributed by atoms with van der Waals surface area (Å²) in [5.41, 5.74) is -0.949. The van der Waals surface area contributed by atoms with Crippen LogP contribution in [0.15, 0.2) is 24.7 Å². The van der Waals surface area contributed by atoms with Gasteiger partial charge in [-0.15, -0.1) is 0 Å². The average Bonchev–Trinajstić information content (AvgIpc) is 3.22. The van der Waals surface area contributed by atoms with Crippen LogP contribution in [0.3, 0.4) is 0 Å². The summed E-state index contributed by atoms with van der Waals surface area (Å²) in [6, 6.07) is 2.91. The van der Waals surface area contributed by atoms with E-state index in [2.05, 4.69) is 32.3 Å². The molecular formula is C22H26F2N7O2+. The molecule has 2 aromatic heterocycles. The van der Waals surface area contributed by atoms with Crippen LogP contribution in [0, 0.1) is 11.3 Å². The maximum Gasteiger partial charge on any atom is 0.259 e. The van der Waals surface area contributed by atoms with E-state index in [1.165, 1.54) is 43.1 Å². The summed E-state index contributed by atoms with van der Waals surface area (Å²) >= 11 is 0. The van der Waals surface area contributed by atoms with Crippen molar-refractivity contribution in [2.45, 2.75) is 57.1 Å². The van der Waals surface area contributed by atoms with E-state index in [0.29, 0.717) is 24.9 Å². The fourth-order valence-corrected chi connectivity index (χ4v) is 3.44. The van der Waals surface area contributed by atoms with Crippen LogP contribution >= 0.6 is 0 Å². The molecule has 0 saturated heterocycles. The quantitative estimate of drug-likeness (QED) is 0.410. The Morgan fingerprint density at radius 2 is 2.06 bits per heavy atom. The van der Waals surface area contributed by atoms with Crippen molar-refractivity contribution in [1.82, 2.24) is 20.3 Å². The van der Waals surface area contributed by atoms with E-state index < -0.39 is 36.4 Å². The summed E-state index contributed by atoms with van der Waals surface area (Å²) in [7, 11) is 0. The van der Waals surface area contributed by atoms with Crippen LogP contribution in [0.25, 0.3) is 0 Å². The molecule has 9 nitrogen and oxygen atoms in total. The minimum Gasteiger partial charge on any atom is -0.387 e. The van der Waals surface area contributed by atoms with Gasteiger partial charge >= 0.3 is 0 Å². The summed E-state index contributed by atoms with van der Waals surface area (Å²) < 4.78 is 30.0. The Hall–Kier alpha value is -3.52. The number of halogens is 2. The second kappa shape index (κ2) is 9.95. The molecular weight excluding hydrogens is 432 g/mol. The number of rotatable bonds is 8. The highest BCUT2D eigenvalue weighted by Gasteiger charge is 2.38. The fraction of sp³-hybridized carbons (Fsp3) is 0.455. The molecule has 3 unspecified atom stereocenters. The maximum absolute atomic E-state index is 14.4. The highest BCUT2D eigenvalue weighted by atomic mass is 19.1. The van der Waals surface area contributed by atoms with Gasteiger partial charge in [0.2, 0.25) is 11.6 Å². The van der Waals surface area contributed by atoms with Gasteiger partial charge < -0.3 is 15.7 Å². The van der Waals surface area contributed by atoms with Crippen LogP contribution in [0.4, 0.5) is 26.2 Å². The van der Waals surface area contributed by atoms with Crippen LogP contribution in [0.2, 0.25) is 0 Å². The number of anilines is 2. The first-order valence-corrected chi connectivity index (χ1v) is 10.5. The van der Waals surface area contributed by atoms with Crippen molar-refractivity contribution in [2.75, 3.05) is 11.9 Å². The first-order valence-electron chi connectivity index (χ1n) is 10.5. The third kappa shape index (κ3) is 5.84. The lowest BCUT2D eigenvalue weighted by atomic mass is 10.0. The lowest BCUT2D eigenvalue weighted by molar-refractivity contribution is -0.483. The van der Waals surface area contributed by atoms with E-state index in [4.69, 9.17) is 5.26 Å². The van der Waals surface area contributed by atoms with Gasteiger partial charge in [-0.25, -0.2) is 23.7 Å². The van der Waals surface area contributed by atoms with Crippen LogP contribution < -0.4 is 10.6 Å². The van der Waals surface area contributed by atoms with Crippen LogP contribution in [-0.2, 0) is 0 Å². The maximum atomic E-state index is 14.4. The zero-order chi connectivity index (χ0) is 24.2. The third-order valence-electron chi connectivity index (χ3n) is 5.46. The van der Waals surface area contributed by atoms with Gasteiger partial charge in [0.1, 0.15) is 30.3 Å². The van der Waals surface area contributed by atoms with E-state index in [1.807, 2.05) is 6.07 Å². The second-order valence-corrected chi connectivity index (χ2v) is 8.43. The molecule has 0 aromatic carbocycles. The number of carbonyl (C=O) groups is 1. The number of hydrogen-bond donors (Lipinski definition) is 3. The molecule has 1 aliphatic carbocycles. The number of aromatic nitrogens is 3. The standard InChI is InChI=1S/C22H25F2N7O2/c1-22(2,33)18(24)12-27-20(32)14-11-26-19(30-21-28-9-13(8-25)10-29-21)7-17(14)31(3)16-6-4-5-15(16)23/h7,9-11,15-16,18,33H,3-6,12H2,1-2H3,(H-,26,27,28,29,30,32)/p+1. The number of carbonyl (C=O) groups excluding carboxylic acids is 1. The molecule has 1 saturated carbocycles. The predicted octanol–water partition coefficient (Wildman–Crippen LogP) is 2.56. The molecule has 33 heavy (non-hydrogen) atoms. The molecule has 174 valence electrons. The van der Waals surface area contributed by atoms with Gasteiger partial charge in [0.25, 0.3) is 5.91 Å². The van der Waals surface area contributed by atoms with Gasteiger partial charge in [-0.2, -0.15) is 9.84 Å². The summed E-state index contributed by atoms with van der Waals surface area (Å²) in [4.78, 5) is 25.0. The average molecular weight is 458 g/mol. The Balaban J connectivity index is 1.88. The predicted molar refractivity (Wildman–Crippen MR) is 117 cm³/mol. The number of hydrogen-bond acceptors (Lipinski definition) is 7. The third-order valence-corrected chi connectivity index (χ3v) is 5.46. The highest BCUT2D eigenvalue weighted by Crippen LogP contribution is 2.31. The van der Waals surface area contributed by atoms with Crippen molar-refractivity contribution >= 4 is 30.1 Å². The van der Waals surface area contributed by atoms with Crippen LogP contribution in [0.1, 0.15) is 49.0 Å². The number of aliphatic hydroxyl groups is 1. The Morgan fingerprint density at radius 1 is 1.36 bits per heavy atom. The molecule has 3 atom stereocenters. The van der Waals surface area contributed by atoms with Crippen LogP contribution in [0.5, 0.6) is 0 Å². The molecule has 2 aromatic rings. The lowest BCUT2D eigenvalue weighted by Gasteiger charge is -2.22. The number of pyridine rings is 1. The highest BCUT2D eigenvalue weighted by molar-refractivity contribution is 5.98. The molecule has 2 heterocycles. The van der Waals surface area contributed by atoms with Gasteiger partial charge in [0.15, 0.2) is 12.2 Å². The van der Waals surface area contributed by atoms with E-state index >= 15 is 0 Å². The van der Waals surface area contributed by atoms with Gasteiger partial charge in [0, 0.05) is 12.6 Å². The molecule has 1 amide bonds. The van der Waals surface area contributed by atoms with E-state index in [-0.39, 0.29) is 22.9 Å². The number of alkyl halides is 2. The van der Waals surface area contributed by atoms with Crippen molar-refractivity contribution in [1.29, 1.82) is 5.26 Å². The molecule has 1 fully saturated rings. The summed E-state index contributed by atoms with van der Waals surface area (Å²) in [5, 5.41) is 23.9. The van der Waals surface area contributed by atoms with Gasteiger partial charge in [-0.3, -0.25) is 4.79 Å². The Labute approximate surface area is 190 Å². The minimum atomic E-state index is -1.69. The summed E-state index contributed by atoms with van der Waals surface area (Å²) in [5.74, 6) is -0.184. The van der Waals surface area contributed by atoms with Crippen molar-refractivity contribution in [3.8, 4) is 6.07 Å². The first kappa shape index (κ1) is 24.1. The molecule has 0 radical (unpaired) electrons. The largest absolute Gasteiger partial charge is 0.387 e. The van der Waals surface area contributed by atoms with Crippen molar-refractivity contribution in [3.63, 3.8) is 0 Å². The van der Waals surface area contributed by atoms with Crippen molar-refractivity contribution in [3.05, 3.63) is 35.8 Å². The Bertz CT molecular complexity index is 1060. The molecule has 3 N–H and O–H groups in total. The Morgan fingerprint density at radius 3 is 2.64 bits per heavy atom. The number of nitrogens with zero attached hydrogens (tertiary/aromatic N) is 5. The van der Waals surface area contributed by atoms with Crippen molar-refractivity contribution in [2.24, 2.45) is 0 Å². The number of amides is 1. The van der Waals surface area contributed by atoms with Gasteiger partial charge in [-0.1, -0.05) is 0 Å². The van der Waals surface area contributed by atoms with E-state index in [0.717, 1.165) is 0 Å². The topological polar surface area (TPSA) is 127 Å². The molecule has 11 heteroatoms. The molecule has 0 spiro atoms. The van der Waals surface area contributed by atoms with Crippen LogP contribution in [-0.4, -0.2) is 67.8 Å². The first-order chi connectivity index (χ1) is 15.6. The second-order valence-electron chi connectivity index (χ2n) is 8.43. The normalized spacial score (nSPS) is 18.9. The van der Waals surface area contributed by atoms with E-state index in [9.17, 15) is 18.7 Å². The lowest BCUT2D eigenvalue weighted by Crippen LogP contribution is -2.42. The van der Waals surface area contributed by atoms with Gasteiger partial charge in [0.05, 0.1) is 36.2 Å². The Kier molecular flexibility index (Phi) is 7.28. The zero-order valence-corrected chi connectivity index (χ0v) is 18.4. The molecule has 3 rings (SSSR count). The SMILES string of the molecule is C=[N+](c1cc(Nc2ncc(C#N)cn2)ncc1C(=O)NCC(F)C(C)(C)O)C1CCCC1F. The minimum absolute atomic E-state index is 0.0818. The fourth-order valence-electron chi connectivity index (χ4n) is 3.44. The summed E-state index contributed by atoms with van der Waals surface area (Å²) in [6.45, 7) is 6.17. The van der Waals surface area contributed by atoms with Gasteiger partial charge in [-0.05, 0) is 26.7 Å². The molecule has 0 bridgehead atoms.